The van der Waals surface area contributed by atoms with E-state index in [0.717, 1.165) is 11.6 Å². The van der Waals surface area contributed by atoms with Crippen molar-refractivity contribution in [2.24, 2.45) is 0 Å². The summed E-state index contributed by atoms with van der Waals surface area (Å²) >= 11 is 0. The molecule has 1 heterocycles. The number of nitrogens with one attached hydrogen (secondary N) is 1. The zero-order valence-electron chi connectivity index (χ0n) is 10.3. The molecule has 0 saturated heterocycles. The first-order chi connectivity index (χ1) is 9.09. The monoisotopic (exact) mass is 262 g/mol. The van der Waals surface area contributed by atoms with Gasteiger partial charge >= 0.3 is 0 Å². The summed E-state index contributed by atoms with van der Waals surface area (Å²) in [6, 6.07) is 7.14. The Kier molecular flexibility index (Phi) is 3.85. The van der Waals surface area contributed by atoms with Crippen LogP contribution in [0.5, 0.6) is 0 Å². The Balaban J connectivity index is 2.10. The fraction of sp³-hybridized carbons (Fsp3) is 0.143. The topological polar surface area (TPSA) is 42.0 Å². The van der Waals surface area contributed by atoms with Crippen LogP contribution < -0.4 is 5.32 Å². The Bertz CT molecular complexity index is 614. The largest absolute Gasteiger partial charge is 0.346 e. The normalized spacial score (nSPS) is 10.3. The van der Waals surface area contributed by atoms with Crippen LogP contribution in [0.3, 0.4) is 0 Å². The van der Waals surface area contributed by atoms with Crippen molar-refractivity contribution in [3.05, 3.63) is 65.0 Å². The molecule has 0 saturated carbocycles. The summed E-state index contributed by atoms with van der Waals surface area (Å²) in [6.07, 6.45) is 1.61. The van der Waals surface area contributed by atoms with Crippen molar-refractivity contribution in [2.75, 3.05) is 0 Å². The number of hydrogen-bond acceptors (Lipinski definition) is 2. The predicted molar refractivity (Wildman–Crippen MR) is 66.5 cm³/mol. The Morgan fingerprint density at radius 2 is 2.05 bits per heavy atom. The van der Waals surface area contributed by atoms with Gasteiger partial charge < -0.3 is 5.32 Å². The second kappa shape index (κ2) is 5.56. The first kappa shape index (κ1) is 13.1. The van der Waals surface area contributed by atoms with Crippen molar-refractivity contribution in [3.63, 3.8) is 0 Å². The van der Waals surface area contributed by atoms with Crippen LogP contribution in [-0.4, -0.2) is 10.9 Å². The molecule has 3 nitrogen and oxygen atoms in total. The number of nitrogens with zero attached hydrogens (tertiary/aromatic N) is 1. The van der Waals surface area contributed by atoms with Gasteiger partial charge in [0.2, 0.25) is 0 Å². The number of rotatable bonds is 3. The molecular weight excluding hydrogens is 250 g/mol. The molecule has 0 atom stereocenters. The number of amides is 1. The first-order valence-electron chi connectivity index (χ1n) is 5.72. The molecule has 2 rings (SSSR count). The van der Waals surface area contributed by atoms with Crippen LogP contribution in [0.4, 0.5) is 8.78 Å². The lowest BCUT2D eigenvalue weighted by atomic mass is 10.1. The lowest BCUT2D eigenvalue weighted by molar-refractivity contribution is 0.0945. The molecule has 1 aromatic carbocycles. The van der Waals surface area contributed by atoms with Crippen molar-refractivity contribution in [1.29, 1.82) is 0 Å². The minimum absolute atomic E-state index is 0.168. The maximum absolute atomic E-state index is 13.4. The van der Waals surface area contributed by atoms with Crippen LogP contribution in [-0.2, 0) is 6.54 Å². The molecule has 0 aliphatic carbocycles. The van der Waals surface area contributed by atoms with Crippen LogP contribution in [0.15, 0.2) is 36.5 Å². The van der Waals surface area contributed by atoms with Gasteiger partial charge in [-0.1, -0.05) is 12.1 Å². The maximum Gasteiger partial charge on any atom is 0.254 e. The van der Waals surface area contributed by atoms with Crippen LogP contribution in [0, 0.1) is 18.6 Å². The molecule has 2 aromatic rings. The van der Waals surface area contributed by atoms with Gasteiger partial charge in [0, 0.05) is 6.20 Å². The smallest absolute Gasteiger partial charge is 0.254 e. The molecular formula is C14H12F2N2O. The second-order valence-corrected chi connectivity index (χ2v) is 4.05. The van der Waals surface area contributed by atoms with E-state index in [2.05, 4.69) is 10.3 Å². The number of halogens is 2. The van der Waals surface area contributed by atoms with E-state index in [1.807, 2.05) is 13.0 Å². The van der Waals surface area contributed by atoms with E-state index in [1.165, 1.54) is 12.1 Å². The first-order valence-corrected chi connectivity index (χ1v) is 5.72. The third-order valence-electron chi connectivity index (χ3n) is 2.73. The molecule has 0 aliphatic rings. The molecule has 0 bridgehead atoms. The number of carbonyl (C=O) groups is 1. The number of benzene rings is 1. The number of aryl methyl sites for hydroxylation is 1. The number of aromatic nitrogens is 1. The van der Waals surface area contributed by atoms with Gasteiger partial charge in [-0.05, 0) is 30.7 Å². The summed E-state index contributed by atoms with van der Waals surface area (Å²) in [7, 11) is 0. The van der Waals surface area contributed by atoms with Crippen molar-refractivity contribution >= 4 is 5.91 Å². The second-order valence-electron chi connectivity index (χ2n) is 4.05. The SMILES string of the molecule is Cc1cccnc1CNC(=O)c1cccc(F)c1F. The van der Waals surface area contributed by atoms with Crippen molar-refractivity contribution in [1.82, 2.24) is 10.3 Å². The lowest BCUT2D eigenvalue weighted by Gasteiger charge is -2.07. The van der Waals surface area contributed by atoms with Crippen molar-refractivity contribution in [3.8, 4) is 0 Å². The average Bonchev–Trinajstić information content (AvgIpc) is 2.40. The van der Waals surface area contributed by atoms with Crippen LogP contribution in [0.2, 0.25) is 0 Å². The third-order valence-corrected chi connectivity index (χ3v) is 2.73. The number of hydrogen-bond donors (Lipinski definition) is 1. The zero-order chi connectivity index (χ0) is 13.8. The molecule has 0 spiro atoms. The summed E-state index contributed by atoms with van der Waals surface area (Å²) in [6.45, 7) is 2.03. The highest BCUT2D eigenvalue weighted by atomic mass is 19.2. The molecule has 0 unspecified atom stereocenters. The minimum atomic E-state index is -1.14. The standard InChI is InChI=1S/C14H12F2N2O/c1-9-4-3-7-17-12(9)8-18-14(19)10-5-2-6-11(15)13(10)16/h2-7H,8H2,1H3,(H,18,19). The summed E-state index contributed by atoms with van der Waals surface area (Å²) in [5, 5.41) is 2.52. The molecule has 0 radical (unpaired) electrons. The zero-order valence-corrected chi connectivity index (χ0v) is 10.3. The van der Waals surface area contributed by atoms with E-state index in [-0.39, 0.29) is 12.1 Å². The van der Waals surface area contributed by atoms with Crippen LogP contribution >= 0.6 is 0 Å². The highest BCUT2D eigenvalue weighted by Crippen LogP contribution is 2.11. The Hall–Kier alpha value is -2.30. The van der Waals surface area contributed by atoms with Gasteiger partial charge in [0.25, 0.3) is 5.91 Å². The highest BCUT2D eigenvalue weighted by Gasteiger charge is 2.14. The van der Waals surface area contributed by atoms with Crippen molar-refractivity contribution in [2.45, 2.75) is 13.5 Å². The Morgan fingerprint density at radius 3 is 2.79 bits per heavy atom. The number of carbonyl (C=O) groups excluding carboxylic acids is 1. The molecule has 5 heteroatoms. The fourth-order valence-electron chi connectivity index (χ4n) is 1.64. The van der Waals surface area contributed by atoms with Gasteiger partial charge in [-0.3, -0.25) is 9.78 Å². The molecule has 0 aliphatic heterocycles. The summed E-state index contributed by atoms with van der Waals surface area (Å²) in [5.74, 6) is -2.85. The highest BCUT2D eigenvalue weighted by molar-refractivity contribution is 5.94. The molecule has 0 fully saturated rings. The lowest BCUT2D eigenvalue weighted by Crippen LogP contribution is -2.25. The van der Waals surface area contributed by atoms with Gasteiger partial charge in [0.1, 0.15) is 0 Å². The van der Waals surface area contributed by atoms with Gasteiger partial charge in [0.05, 0.1) is 17.8 Å². The third kappa shape index (κ3) is 2.93. The van der Waals surface area contributed by atoms with Crippen LogP contribution in [0.25, 0.3) is 0 Å². The fourth-order valence-corrected chi connectivity index (χ4v) is 1.64. The predicted octanol–water partition coefficient (Wildman–Crippen LogP) is 2.60. The van der Waals surface area contributed by atoms with Gasteiger partial charge in [-0.25, -0.2) is 8.78 Å². The molecule has 98 valence electrons. The number of pyridine rings is 1. The van der Waals surface area contributed by atoms with E-state index in [1.54, 1.807) is 12.3 Å². The summed E-state index contributed by atoms with van der Waals surface area (Å²) < 4.78 is 26.4. The molecule has 1 N–H and O–H groups in total. The quantitative estimate of drug-likeness (QED) is 0.923. The van der Waals surface area contributed by atoms with Gasteiger partial charge in [-0.15, -0.1) is 0 Å². The van der Waals surface area contributed by atoms with Crippen molar-refractivity contribution < 1.29 is 13.6 Å². The van der Waals surface area contributed by atoms with E-state index in [4.69, 9.17) is 0 Å². The molecule has 19 heavy (non-hydrogen) atoms. The van der Waals surface area contributed by atoms with E-state index in [9.17, 15) is 13.6 Å². The van der Waals surface area contributed by atoms with E-state index in [0.29, 0.717) is 5.69 Å². The minimum Gasteiger partial charge on any atom is -0.346 e. The molecule has 1 aromatic heterocycles. The summed E-state index contributed by atoms with van der Waals surface area (Å²) in [5.41, 5.74) is 1.30. The van der Waals surface area contributed by atoms with Gasteiger partial charge in [-0.2, -0.15) is 0 Å². The Labute approximate surface area is 109 Å². The van der Waals surface area contributed by atoms with E-state index < -0.39 is 17.5 Å². The van der Waals surface area contributed by atoms with E-state index >= 15 is 0 Å². The maximum atomic E-state index is 13.4. The average molecular weight is 262 g/mol. The summed E-state index contributed by atoms with van der Waals surface area (Å²) in [4.78, 5) is 15.9. The van der Waals surface area contributed by atoms with Gasteiger partial charge in [0.15, 0.2) is 11.6 Å². The Morgan fingerprint density at radius 1 is 1.26 bits per heavy atom. The molecule has 1 amide bonds. The van der Waals surface area contributed by atoms with Crippen LogP contribution in [0.1, 0.15) is 21.6 Å².